The average molecular weight is 522 g/mol. The number of aliphatic hydroxyl groups is 3. The number of pyridine rings is 1. The smallest absolute Gasteiger partial charge is 0.346 e. The molecule has 3 aliphatic carbocycles. The normalized spacial score (nSPS) is 44.1. The topological polar surface area (TPSA) is 122 Å². The molecule has 3 N–H and O–H groups in total. The molecule has 4 fully saturated rings. The predicted octanol–water partition coefficient (Wildman–Crippen LogP) is 3.89. The summed E-state index contributed by atoms with van der Waals surface area (Å²) in [5.41, 5.74) is -3.49. The molecule has 7 atom stereocenters. The van der Waals surface area contributed by atoms with Crippen molar-refractivity contribution in [1.82, 2.24) is 4.98 Å². The molecule has 8 heteroatoms. The molecule has 202 valence electrons. The van der Waals surface area contributed by atoms with Gasteiger partial charge in [0.15, 0.2) is 11.4 Å². The summed E-state index contributed by atoms with van der Waals surface area (Å²) in [4.78, 5) is 17.4. The van der Waals surface area contributed by atoms with Crippen molar-refractivity contribution in [2.24, 2.45) is 22.2 Å². The van der Waals surface area contributed by atoms with Crippen LogP contribution in [0.1, 0.15) is 71.5 Å². The molecular weight excluding hydrogens is 486 g/mol. The molecule has 7 unspecified atom stereocenters. The minimum absolute atomic E-state index is 0.115. The minimum atomic E-state index is -1.38. The van der Waals surface area contributed by atoms with Gasteiger partial charge in [0.1, 0.15) is 23.2 Å². The van der Waals surface area contributed by atoms with Crippen LogP contribution in [0.25, 0.3) is 11.3 Å². The van der Waals surface area contributed by atoms with Crippen LogP contribution < -0.4 is 10.4 Å². The third-order valence-corrected chi connectivity index (χ3v) is 11.7. The Morgan fingerprint density at radius 1 is 1.11 bits per heavy atom. The van der Waals surface area contributed by atoms with Crippen molar-refractivity contribution in [3.63, 3.8) is 0 Å². The highest BCUT2D eigenvalue weighted by Crippen LogP contribution is 2.76. The van der Waals surface area contributed by atoms with E-state index in [0.717, 1.165) is 5.57 Å². The quantitative estimate of drug-likeness (QED) is 0.483. The first-order valence-corrected chi connectivity index (χ1v) is 13.6. The molecule has 8 nitrogen and oxygen atoms in total. The first kappa shape index (κ1) is 24.5. The van der Waals surface area contributed by atoms with Crippen LogP contribution in [0.15, 0.2) is 51.5 Å². The summed E-state index contributed by atoms with van der Waals surface area (Å²) in [5, 5.41) is 35.8. The monoisotopic (exact) mass is 521 g/mol. The minimum Gasteiger partial charge on any atom is -0.478 e. The molecule has 2 aromatic rings. The van der Waals surface area contributed by atoms with Gasteiger partial charge in [-0.2, -0.15) is 0 Å². The first-order chi connectivity index (χ1) is 17.9. The fourth-order valence-electron chi connectivity index (χ4n) is 9.35. The number of aromatic nitrogens is 1. The Morgan fingerprint density at radius 3 is 2.58 bits per heavy atom. The maximum Gasteiger partial charge on any atom is 0.346 e. The van der Waals surface area contributed by atoms with E-state index in [4.69, 9.17) is 13.9 Å². The maximum atomic E-state index is 13.3. The van der Waals surface area contributed by atoms with E-state index in [2.05, 4.69) is 18.0 Å². The predicted molar refractivity (Wildman–Crippen MR) is 137 cm³/mol. The average Bonchev–Trinajstić information content (AvgIpc) is 3.20. The Kier molecular flexibility index (Phi) is 4.62. The van der Waals surface area contributed by atoms with Crippen LogP contribution in [0.2, 0.25) is 0 Å². The van der Waals surface area contributed by atoms with Crippen LogP contribution in [0.4, 0.5) is 0 Å². The molecule has 2 aromatic heterocycles. The van der Waals surface area contributed by atoms with Crippen molar-refractivity contribution in [1.29, 1.82) is 0 Å². The van der Waals surface area contributed by atoms with Gasteiger partial charge in [0, 0.05) is 46.7 Å². The van der Waals surface area contributed by atoms with E-state index in [0.29, 0.717) is 49.2 Å². The second-order valence-electron chi connectivity index (χ2n) is 13.0. The first-order valence-electron chi connectivity index (χ1n) is 13.6. The summed E-state index contributed by atoms with van der Waals surface area (Å²) in [6, 6.07) is 5.25. The molecular formula is C30H35NO7. The Bertz CT molecular complexity index is 1420. The number of fused-ring (bicyclic) bond motifs is 5. The van der Waals surface area contributed by atoms with Gasteiger partial charge in [-0.3, -0.25) is 4.98 Å². The van der Waals surface area contributed by atoms with Gasteiger partial charge in [-0.05, 0) is 56.2 Å². The summed E-state index contributed by atoms with van der Waals surface area (Å²) in [5.74, 6) is -0.846. The van der Waals surface area contributed by atoms with E-state index in [-0.39, 0.29) is 18.1 Å². The van der Waals surface area contributed by atoms with Gasteiger partial charge in [-0.15, -0.1) is 0 Å². The van der Waals surface area contributed by atoms with Crippen LogP contribution in [0, 0.1) is 22.2 Å². The molecule has 8 rings (SSSR count). The van der Waals surface area contributed by atoms with Crippen molar-refractivity contribution in [2.45, 2.75) is 82.9 Å². The number of allylic oxidation sites excluding steroid dienone is 1. The Labute approximate surface area is 221 Å². The lowest BCUT2D eigenvalue weighted by molar-refractivity contribution is -0.440. The number of hydrogen-bond donors (Lipinski definition) is 3. The van der Waals surface area contributed by atoms with Gasteiger partial charge in [0.25, 0.3) is 0 Å². The molecule has 3 aliphatic heterocycles. The van der Waals surface area contributed by atoms with E-state index < -0.39 is 45.0 Å². The van der Waals surface area contributed by atoms with Crippen LogP contribution in [-0.2, 0) is 4.74 Å². The zero-order valence-electron chi connectivity index (χ0n) is 22.3. The molecule has 0 aromatic carbocycles. The van der Waals surface area contributed by atoms with Gasteiger partial charge >= 0.3 is 5.63 Å². The molecule has 38 heavy (non-hydrogen) atoms. The largest absolute Gasteiger partial charge is 0.478 e. The van der Waals surface area contributed by atoms with E-state index in [1.54, 1.807) is 30.6 Å². The van der Waals surface area contributed by atoms with Gasteiger partial charge < -0.3 is 29.2 Å². The van der Waals surface area contributed by atoms with Crippen LogP contribution in [-0.4, -0.2) is 43.9 Å². The Morgan fingerprint density at radius 2 is 1.89 bits per heavy atom. The standard InChI is InChI=1S/C30H35NO7/c1-17-7-8-21-26(4,9-11-28(34)25(2,3)29(35)12-10-27(21,28)16-36-29)30(17)23(32)22-20(38-30)14-19(37-24(22)33)18-6-5-13-31-15-18/h5-7,13-15,21,23,32,34-35H,8-12,16H2,1-4H3. The molecule has 2 spiro atoms. The lowest BCUT2D eigenvalue weighted by Crippen LogP contribution is -2.82. The zero-order valence-corrected chi connectivity index (χ0v) is 22.3. The fourth-order valence-corrected chi connectivity index (χ4v) is 9.35. The molecule has 2 saturated carbocycles. The maximum absolute atomic E-state index is 13.3. The molecule has 0 amide bonds. The van der Waals surface area contributed by atoms with Crippen molar-refractivity contribution in [3.8, 4) is 17.1 Å². The molecule has 2 saturated heterocycles. The number of hydrogen-bond acceptors (Lipinski definition) is 8. The second-order valence-corrected chi connectivity index (χ2v) is 13.0. The molecule has 2 bridgehead atoms. The summed E-state index contributed by atoms with van der Waals surface area (Å²) in [7, 11) is 0. The molecule has 0 radical (unpaired) electrons. The highest BCUT2D eigenvalue weighted by atomic mass is 16.6. The van der Waals surface area contributed by atoms with Crippen molar-refractivity contribution < 1.29 is 29.2 Å². The number of nitrogens with zero attached hydrogens (tertiary/aromatic N) is 1. The van der Waals surface area contributed by atoms with E-state index in [1.165, 1.54) is 0 Å². The van der Waals surface area contributed by atoms with Crippen molar-refractivity contribution >= 4 is 0 Å². The summed E-state index contributed by atoms with van der Waals surface area (Å²) in [6.45, 7) is 8.14. The zero-order chi connectivity index (χ0) is 26.9. The van der Waals surface area contributed by atoms with Gasteiger partial charge in [0.05, 0.1) is 12.2 Å². The second kappa shape index (κ2) is 7.16. The van der Waals surface area contributed by atoms with Crippen molar-refractivity contribution in [2.75, 3.05) is 6.61 Å². The summed E-state index contributed by atoms with van der Waals surface area (Å²) >= 11 is 0. The van der Waals surface area contributed by atoms with E-state index >= 15 is 0 Å². The summed E-state index contributed by atoms with van der Waals surface area (Å²) < 4.78 is 18.6. The Balaban J connectivity index is 1.38. The number of rotatable bonds is 1. The van der Waals surface area contributed by atoms with Gasteiger partial charge in [-0.25, -0.2) is 4.79 Å². The third-order valence-electron chi connectivity index (χ3n) is 11.7. The van der Waals surface area contributed by atoms with E-state index in [1.807, 2.05) is 20.8 Å². The van der Waals surface area contributed by atoms with Crippen LogP contribution >= 0.6 is 0 Å². The third kappa shape index (κ3) is 2.43. The van der Waals surface area contributed by atoms with Crippen molar-refractivity contribution in [3.05, 3.63) is 58.2 Å². The number of aliphatic hydroxyl groups excluding tert-OH is 1. The van der Waals surface area contributed by atoms with Crippen LogP contribution in [0.3, 0.4) is 0 Å². The SMILES string of the molecule is CC1=CCC2C(C)(CCC3(O)C24CCC(O)(OC4)C3(C)C)C12Oc1cc(-c3cccnc3)oc(=O)c1C2O. The van der Waals surface area contributed by atoms with E-state index in [9.17, 15) is 20.1 Å². The Hall–Kier alpha value is -2.52. The highest BCUT2D eigenvalue weighted by Gasteiger charge is 2.81. The lowest BCUT2D eigenvalue weighted by atomic mass is 9.34. The molecule has 5 heterocycles. The van der Waals surface area contributed by atoms with Gasteiger partial charge in [0.2, 0.25) is 0 Å². The highest BCUT2D eigenvalue weighted by molar-refractivity contribution is 5.60. The summed E-state index contributed by atoms with van der Waals surface area (Å²) in [6.07, 6.45) is 6.83. The fraction of sp³-hybridized carbons (Fsp3) is 0.600. The molecule has 6 aliphatic rings. The number of ether oxygens (including phenoxy) is 2. The van der Waals surface area contributed by atoms with Crippen LogP contribution in [0.5, 0.6) is 5.75 Å². The lowest BCUT2D eigenvalue weighted by Gasteiger charge is -2.75. The van der Waals surface area contributed by atoms with Gasteiger partial charge in [-0.1, -0.05) is 26.8 Å².